The summed E-state index contributed by atoms with van der Waals surface area (Å²) in [5, 5.41) is 8.20. The molecule has 4 rings (SSSR count). The lowest BCUT2D eigenvalue weighted by molar-refractivity contribution is 0.144. The van der Waals surface area contributed by atoms with E-state index in [2.05, 4.69) is 32.0 Å². The molecule has 158 valence electrons. The molecule has 0 radical (unpaired) electrons. The highest BCUT2D eigenvalue weighted by Gasteiger charge is 2.24. The summed E-state index contributed by atoms with van der Waals surface area (Å²) in [6.07, 6.45) is 4.79. The third-order valence-electron chi connectivity index (χ3n) is 6.01. The van der Waals surface area contributed by atoms with Gasteiger partial charge in [0.25, 0.3) is 5.56 Å². The van der Waals surface area contributed by atoms with Crippen LogP contribution in [0.3, 0.4) is 0 Å². The lowest BCUT2D eigenvalue weighted by Crippen LogP contribution is -2.44. The Morgan fingerprint density at radius 1 is 1.03 bits per heavy atom. The van der Waals surface area contributed by atoms with Crippen LogP contribution in [-0.2, 0) is 7.05 Å². The fraction of sp³-hybridized carbons (Fsp3) is 0.737. The van der Waals surface area contributed by atoms with Crippen LogP contribution in [0, 0.1) is 0 Å². The summed E-state index contributed by atoms with van der Waals surface area (Å²) in [6, 6.07) is 0.132. The van der Waals surface area contributed by atoms with Gasteiger partial charge in [0.05, 0.1) is 6.61 Å². The van der Waals surface area contributed by atoms with Crippen molar-refractivity contribution in [1.82, 2.24) is 34.1 Å². The summed E-state index contributed by atoms with van der Waals surface area (Å²) in [6.45, 7) is 5.73. The van der Waals surface area contributed by atoms with E-state index in [0.29, 0.717) is 6.61 Å². The predicted octanol–water partition coefficient (Wildman–Crippen LogP) is 0.0166. The van der Waals surface area contributed by atoms with Crippen molar-refractivity contribution < 1.29 is 4.74 Å². The Morgan fingerprint density at radius 2 is 1.76 bits per heavy atom. The summed E-state index contributed by atoms with van der Waals surface area (Å²) >= 11 is 0. The molecular weight excluding hydrogens is 374 g/mol. The molecule has 0 N–H and O–H groups in total. The summed E-state index contributed by atoms with van der Waals surface area (Å²) in [5.41, 5.74) is -0.416. The molecule has 3 heterocycles. The van der Waals surface area contributed by atoms with E-state index in [1.54, 1.807) is 4.57 Å². The number of hydrogen-bond acceptors (Lipinski definition) is 8. The molecule has 0 bridgehead atoms. The lowest BCUT2D eigenvalue weighted by Gasteiger charge is -2.32. The fourth-order valence-corrected chi connectivity index (χ4v) is 4.18. The molecule has 1 saturated carbocycles. The van der Waals surface area contributed by atoms with Crippen molar-refractivity contribution in [3.63, 3.8) is 0 Å². The third kappa shape index (κ3) is 4.18. The van der Waals surface area contributed by atoms with Crippen LogP contribution in [0.1, 0.15) is 38.1 Å². The monoisotopic (exact) mass is 403 g/mol. The van der Waals surface area contributed by atoms with Gasteiger partial charge in [-0.25, -0.2) is 4.79 Å². The van der Waals surface area contributed by atoms with Crippen LogP contribution in [0.2, 0.25) is 0 Å². The zero-order valence-electron chi connectivity index (χ0n) is 17.2. The number of aromatic nitrogens is 5. The number of rotatable bonds is 6. The molecule has 0 spiro atoms. The molecule has 2 aliphatic rings. The summed E-state index contributed by atoms with van der Waals surface area (Å²) in [4.78, 5) is 34.3. The fourth-order valence-electron chi connectivity index (χ4n) is 4.18. The van der Waals surface area contributed by atoms with Gasteiger partial charge in [0.2, 0.25) is 0 Å². The predicted molar refractivity (Wildman–Crippen MR) is 108 cm³/mol. The average Bonchev–Trinajstić information content (AvgIpc) is 3.26. The van der Waals surface area contributed by atoms with Crippen LogP contribution < -0.4 is 16.0 Å². The maximum atomic E-state index is 12.6. The Morgan fingerprint density at radius 3 is 2.48 bits per heavy atom. The first-order valence-electron chi connectivity index (χ1n) is 10.4. The van der Waals surface area contributed by atoms with Gasteiger partial charge < -0.3 is 14.5 Å². The summed E-state index contributed by atoms with van der Waals surface area (Å²) in [5.74, 6) is 0. The first-order valence-corrected chi connectivity index (χ1v) is 10.4. The summed E-state index contributed by atoms with van der Waals surface area (Å²) in [7, 11) is 3.62. The van der Waals surface area contributed by atoms with Gasteiger partial charge in [-0.15, -0.1) is 5.10 Å². The molecule has 1 aliphatic heterocycles. The standard InChI is InChI=1S/C19H29N7O3/c1-23-9-11-25(12-10-23)8-5-13-29-18-20-15-16(21-22-18)26(14-6-3-4-7-14)19(28)24(2)17(15)27/h14H,3-13H2,1-2H3. The molecule has 10 heteroatoms. The van der Waals surface area contributed by atoms with E-state index in [-0.39, 0.29) is 28.9 Å². The molecule has 10 nitrogen and oxygen atoms in total. The molecule has 0 atom stereocenters. The van der Waals surface area contributed by atoms with E-state index in [4.69, 9.17) is 4.74 Å². The van der Waals surface area contributed by atoms with Crippen LogP contribution in [0.25, 0.3) is 11.2 Å². The van der Waals surface area contributed by atoms with Crippen LogP contribution in [0.15, 0.2) is 9.59 Å². The zero-order valence-corrected chi connectivity index (χ0v) is 17.2. The average molecular weight is 403 g/mol. The zero-order chi connectivity index (χ0) is 20.4. The van der Waals surface area contributed by atoms with Gasteiger partial charge in [0.1, 0.15) is 0 Å². The van der Waals surface area contributed by atoms with Crippen LogP contribution in [0.4, 0.5) is 0 Å². The van der Waals surface area contributed by atoms with Gasteiger partial charge >= 0.3 is 11.7 Å². The Kier molecular flexibility index (Phi) is 5.91. The molecule has 2 aromatic heterocycles. The highest BCUT2D eigenvalue weighted by atomic mass is 16.5. The number of fused-ring (bicyclic) bond motifs is 1. The van der Waals surface area contributed by atoms with E-state index in [1.807, 2.05) is 0 Å². The second-order valence-corrected chi connectivity index (χ2v) is 8.07. The highest BCUT2D eigenvalue weighted by Crippen LogP contribution is 2.29. The van der Waals surface area contributed by atoms with Crippen molar-refractivity contribution in [2.45, 2.75) is 38.1 Å². The van der Waals surface area contributed by atoms with Crippen molar-refractivity contribution in [2.75, 3.05) is 46.4 Å². The molecule has 0 amide bonds. The Labute approximate surface area is 169 Å². The topological polar surface area (TPSA) is 98.4 Å². The van der Waals surface area contributed by atoms with Crippen molar-refractivity contribution in [3.8, 4) is 6.01 Å². The molecule has 1 aliphatic carbocycles. The SMILES string of the molecule is CN1CCN(CCCOc2nnc3c(n2)c(=O)n(C)c(=O)n3C2CCCC2)CC1. The number of hydrogen-bond donors (Lipinski definition) is 0. The maximum Gasteiger partial charge on any atom is 0.336 e. The number of ether oxygens (including phenoxy) is 1. The van der Waals surface area contributed by atoms with Crippen LogP contribution in [0.5, 0.6) is 6.01 Å². The van der Waals surface area contributed by atoms with Crippen molar-refractivity contribution >= 4 is 11.2 Å². The Bertz CT molecular complexity index is 972. The van der Waals surface area contributed by atoms with E-state index in [9.17, 15) is 9.59 Å². The molecule has 2 aromatic rings. The molecular formula is C19H29N7O3. The second-order valence-electron chi connectivity index (χ2n) is 8.07. The molecule has 0 aromatic carbocycles. The minimum Gasteiger partial charge on any atom is -0.462 e. The molecule has 2 fully saturated rings. The minimum absolute atomic E-state index is 0.0447. The third-order valence-corrected chi connectivity index (χ3v) is 6.01. The molecule has 1 saturated heterocycles. The van der Waals surface area contributed by atoms with Gasteiger partial charge in [-0.1, -0.05) is 17.9 Å². The van der Waals surface area contributed by atoms with Crippen LogP contribution in [-0.4, -0.2) is 80.5 Å². The number of nitrogens with zero attached hydrogens (tertiary/aromatic N) is 7. The molecule has 29 heavy (non-hydrogen) atoms. The van der Waals surface area contributed by atoms with Crippen molar-refractivity contribution in [1.29, 1.82) is 0 Å². The van der Waals surface area contributed by atoms with Gasteiger partial charge in [-0.2, -0.15) is 4.98 Å². The normalized spacial score (nSPS) is 19.2. The van der Waals surface area contributed by atoms with Crippen molar-refractivity contribution in [2.24, 2.45) is 7.05 Å². The van der Waals surface area contributed by atoms with Gasteiger partial charge in [0, 0.05) is 45.8 Å². The first-order chi connectivity index (χ1) is 14.0. The van der Waals surface area contributed by atoms with Gasteiger partial charge in [-0.3, -0.25) is 13.9 Å². The van der Waals surface area contributed by atoms with E-state index >= 15 is 0 Å². The molecule has 0 unspecified atom stereocenters. The quantitative estimate of drug-likeness (QED) is 0.623. The Balaban J connectivity index is 1.47. The Hall–Kier alpha value is -2.33. The maximum absolute atomic E-state index is 12.6. The largest absolute Gasteiger partial charge is 0.462 e. The summed E-state index contributed by atoms with van der Waals surface area (Å²) < 4.78 is 8.35. The van der Waals surface area contributed by atoms with Crippen LogP contribution >= 0.6 is 0 Å². The lowest BCUT2D eigenvalue weighted by atomic mass is 10.2. The van der Waals surface area contributed by atoms with Gasteiger partial charge in [-0.05, 0) is 26.3 Å². The minimum atomic E-state index is -0.462. The van der Waals surface area contributed by atoms with E-state index in [0.717, 1.165) is 69.4 Å². The highest BCUT2D eigenvalue weighted by molar-refractivity contribution is 5.68. The van der Waals surface area contributed by atoms with Gasteiger partial charge in [0.15, 0.2) is 11.2 Å². The first kappa shape index (κ1) is 20.0. The number of likely N-dealkylation sites (N-methyl/N-ethyl adjacent to an activating group) is 1. The second kappa shape index (κ2) is 8.58. The van der Waals surface area contributed by atoms with E-state index < -0.39 is 5.56 Å². The smallest absolute Gasteiger partial charge is 0.336 e. The van der Waals surface area contributed by atoms with E-state index in [1.165, 1.54) is 7.05 Å². The number of piperazine rings is 1. The van der Waals surface area contributed by atoms with Crippen molar-refractivity contribution in [3.05, 3.63) is 20.8 Å².